The van der Waals surface area contributed by atoms with Crippen LogP contribution in [-0.2, 0) is 16.1 Å². The molecule has 1 aliphatic rings. The second kappa shape index (κ2) is 9.66. The fourth-order valence-electron chi connectivity index (χ4n) is 3.90. The highest BCUT2D eigenvalue weighted by Gasteiger charge is 2.23. The SMILES string of the molecule is COCC(=O)N1CCC(Oc2ccc(C(=O)NCc3cccc4[nH]ccc34)cc2)CC1. The minimum absolute atomic E-state index is 0.0176. The number of amides is 2. The first-order valence-corrected chi connectivity index (χ1v) is 10.5. The second-order valence-electron chi connectivity index (χ2n) is 7.69. The summed E-state index contributed by atoms with van der Waals surface area (Å²) in [6.45, 7) is 1.92. The summed E-state index contributed by atoms with van der Waals surface area (Å²) in [6.07, 6.45) is 3.52. The Morgan fingerprint density at radius 2 is 1.87 bits per heavy atom. The maximum absolute atomic E-state index is 12.5. The Labute approximate surface area is 181 Å². The van der Waals surface area contributed by atoms with E-state index in [1.165, 1.54) is 7.11 Å². The van der Waals surface area contributed by atoms with E-state index in [2.05, 4.69) is 10.3 Å². The Morgan fingerprint density at radius 3 is 2.61 bits per heavy atom. The van der Waals surface area contributed by atoms with Crippen molar-refractivity contribution in [1.29, 1.82) is 0 Å². The van der Waals surface area contributed by atoms with Gasteiger partial charge in [0.2, 0.25) is 5.91 Å². The number of likely N-dealkylation sites (tertiary alicyclic amines) is 1. The topological polar surface area (TPSA) is 83.7 Å². The third-order valence-corrected chi connectivity index (χ3v) is 5.61. The molecule has 0 aliphatic carbocycles. The van der Waals surface area contributed by atoms with Gasteiger partial charge < -0.3 is 24.7 Å². The monoisotopic (exact) mass is 421 g/mol. The zero-order valence-electron chi connectivity index (χ0n) is 17.6. The van der Waals surface area contributed by atoms with Crippen molar-refractivity contribution in [3.05, 3.63) is 65.9 Å². The number of fused-ring (bicyclic) bond motifs is 1. The van der Waals surface area contributed by atoms with Crippen LogP contribution in [0.15, 0.2) is 54.7 Å². The molecule has 4 rings (SSSR count). The molecule has 1 saturated heterocycles. The molecular weight excluding hydrogens is 394 g/mol. The lowest BCUT2D eigenvalue weighted by Gasteiger charge is -2.32. The average Bonchev–Trinajstić information content (AvgIpc) is 3.28. The maximum atomic E-state index is 12.5. The molecule has 7 heteroatoms. The van der Waals surface area contributed by atoms with Crippen LogP contribution in [0.25, 0.3) is 10.9 Å². The van der Waals surface area contributed by atoms with Crippen LogP contribution < -0.4 is 10.1 Å². The van der Waals surface area contributed by atoms with E-state index in [1.54, 1.807) is 12.1 Å². The summed E-state index contributed by atoms with van der Waals surface area (Å²) in [5.74, 6) is 0.628. The summed E-state index contributed by atoms with van der Waals surface area (Å²) >= 11 is 0. The van der Waals surface area contributed by atoms with Crippen molar-refractivity contribution in [2.75, 3.05) is 26.8 Å². The Hall–Kier alpha value is -3.32. The predicted octanol–water partition coefficient (Wildman–Crippen LogP) is 3.11. The van der Waals surface area contributed by atoms with E-state index in [0.717, 1.165) is 35.1 Å². The molecule has 0 bridgehead atoms. The van der Waals surface area contributed by atoms with Crippen LogP contribution in [0.5, 0.6) is 5.75 Å². The Bertz CT molecular complexity index is 1040. The molecule has 1 fully saturated rings. The molecule has 0 atom stereocenters. The molecule has 7 nitrogen and oxygen atoms in total. The predicted molar refractivity (Wildman–Crippen MR) is 118 cm³/mol. The maximum Gasteiger partial charge on any atom is 0.251 e. The third kappa shape index (κ3) is 5.06. The highest BCUT2D eigenvalue weighted by molar-refractivity contribution is 5.94. The molecule has 0 saturated carbocycles. The molecule has 2 amide bonds. The van der Waals surface area contributed by atoms with E-state index in [4.69, 9.17) is 9.47 Å². The minimum atomic E-state index is -0.121. The van der Waals surface area contributed by atoms with Gasteiger partial charge in [0, 0.05) is 62.2 Å². The van der Waals surface area contributed by atoms with Gasteiger partial charge in [-0.2, -0.15) is 0 Å². The molecule has 0 radical (unpaired) electrons. The van der Waals surface area contributed by atoms with Gasteiger partial charge in [-0.1, -0.05) is 12.1 Å². The molecule has 2 N–H and O–H groups in total. The summed E-state index contributed by atoms with van der Waals surface area (Å²) in [5.41, 5.74) is 2.72. The lowest BCUT2D eigenvalue weighted by atomic mass is 10.1. The number of aromatic nitrogens is 1. The molecule has 2 heterocycles. The van der Waals surface area contributed by atoms with Crippen LogP contribution in [0.3, 0.4) is 0 Å². The number of benzene rings is 2. The number of nitrogens with one attached hydrogen (secondary N) is 2. The fraction of sp³-hybridized carbons (Fsp3) is 0.333. The average molecular weight is 421 g/mol. The van der Waals surface area contributed by atoms with Crippen molar-refractivity contribution < 1.29 is 19.1 Å². The lowest BCUT2D eigenvalue weighted by Crippen LogP contribution is -2.43. The van der Waals surface area contributed by atoms with E-state index in [9.17, 15) is 9.59 Å². The van der Waals surface area contributed by atoms with Crippen molar-refractivity contribution in [1.82, 2.24) is 15.2 Å². The largest absolute Gasteiger partial charge is 0.490 e. The summed E-state index contributed by atoms with van der Waals surface area (Å²) in [7, 11) is 1.53. The smallest absolute Gasteiger partial charge is 0.251 e. The minimum Gasteiger partial charge on any atom is -0.490 e. The van der Waals surface area contributed by atoms with Crippen molar-refractivity contribution in [3.8, 4) is 5.75 Å². The van der Waals surface area contributed by atoms with Gasteiger partial charge in [0.25, 0.3) is 5.91 Å². The quantitative estimate of drug-likeness (QED) is 0.614. The van der Waals surface area contributed by atoms with Crippen molar-refractivity contribution in [2.24, 2.45) is 0 Å². The Morgan fingerprint density at radius 1 is 1.10 bits per heavy atom. The van der Waals surface area contributed by atoms with Gasteiger partial charge in [0.05, 0.1) is 0 Å². The first-order chi connectivity index (χ1) is 15.1. The zero-order chi connectivity index (χ0) is 21.6. The van der Waals surface area contributed by atoms with Crippen molar-refractivity contribution in [3.63, 3.8) is 0 Å². The van der Waals surface area contributed by atoms with Crippen LogP contribution in [0.1, 0.15) is 28.8 Å². The number of nitrogens with zero attached hydrogens (tertiary/aromatic N) is 1. The molecule has 1 aromatic heterocycles. The molecule has 31 heavy (non-hydrogen) atoms. The number of methoxy groups -OCH3 is 1. The van der Waals surface area contributed by atoms with Gasteiger partial charge >= 0.3 is 0 Å². The highest BCUT2D eigenvalue weighted by atomic mass is 16.5. The number of rotatable bonds is 7. The standard InChI is InChI=1S/C24H27N3O4/c1-30-16-23(28)27-13-10-20(11-14-27)31-19-7-5-17(6-8-19)24(29)26-15-18-3-2-4-22-21(18)9-12-25-22/h2-9,12,20,25H,10-11,13-16H2,1H3,(H,26,29). The van der Waals surface area contributed by atoms with Crippen molar-refractivity contribution >= 4 is 22.7 Å². The molecule has 0 spiro atoms. The van der Waals surface area contributed by atoms with Gasteiger partial charge in [-0.05, 0) is 42.0 Å². The van der Waals surface area contributed by atoms with Gasteiger partial charge in [-0.15, -0.1) is 0 Å². The van der Waals surface area contributed by atoms with Gasteiger partial charge in [-0.3, -0.25) is 9.59 Å². The highest BCUT2D eigenvalue weighted by Crippen LogP contribution is 2.20. The molecule has 1 aliphatic heterocycles. The number of carbonyl (C=O) groups is 2. The Balaban J connectivity index is 1.28. The molecular formula is C24H27N3O4. The number of hydrogen-bond donors (Lipinski definition) is 2. The van der Waals surface area contributed by atoms with Crippen LogP contribution >= 0.6 is 0 Å². The summed E-state index contributed by atoms with van der Waals surface area (Å²) < 4.78 is 11.0. The van der Waals surface area contributed by atoms with E-state index in [0.29, 0.717) is 25.2 Å². The number of carbonyl (C=O) groups excluding carboxylic acids is 2. The molecule has 0 unspecified atom stereocenters. The number of ether oxygens (including phenoxy) is 2. The number of piperidine rings is 1. The van der Waals surface area contributed by atoms with Crippen molar-refractivity contribution in [2.45, 2.75) is 25.5 Å². The van der Waals surface area contributed by atoms with E-state index >= 15 is 0 Å². The van der Waals surface area contributed by atoms with E-state index in [-0.39, 0.29) is 24.5 Å². The van der Waals surface area contributed by atoms with Crippen LogP contribution in [0, 0.1) is 0 Å². The summed E-state index contributed by atoms with van der Waals surface area (Å²) in [6, 6.07) is 15.2. The van der Waals surface area contributed by atoms with Crippen LogP contribution in [-0.4, -0.2) is 54.6 Å². The fourth-order valence-corrected chi connectivity index (χ4v) is 3.90. The number of H-pyrrole nitrogens is 1. The summed E-state index contributed by atoms with van der Waals surface area (Å²) in [4.78, 5) is 29.4. The molecule has 2 aromatic carbocycles. The van der Waals surface area contributed by atoms with E-state index < -0.39 is 0 Å². The molecule has 3 aromatic rings. The van der Waals surface area contributed by atoms with Crippen LogP contribution in [0.2, 0.25) is 0 Å². The number of aromatic amines is 1. The first kappa shape index (κ1) is 20.9. The van der Waals surface area contributed by atoms with Crippen LogP contribution in [0.4, 0.5) is 0 Å². The number of hydrogen-bond acceptors (Lipinski definition) is 4. The second-order valence-corrected chi connectivity index (χ2v) is 7.69. The molecule has 162 valence electrons. The lowest BCUT2D eigenvalue weighted by molar-refractivity contribution is -0.136. The van der Waals surface area contributed by atoms with Gasteiger partial charge in [-0.25, -0.2) is 0 Å². The third-order valence-electron chi connectivity index (χ3n) is 5.61. The van der Waals surface area contributed by atoms with Gasteiger partial charge in [0.1, 0.15) is 18.5 Å². The normalized spacial score (nSPS) is 14.5. The Kier molecular flexibility index (Phi) is 6.52. The summed E-state index contributed by atoms with van der Waals surface area (Å²) in [5, 5.41) is 4.09. The first-order valence-electron chi connectivity index (χ1n) is 10.5. The zero-order valence-corrected chi connectivity index (χ0v) is 17.6. The van der Waals surface area contributed by atoms with Gasteiger partial charge in [0.15, 0.2) is 0 Å². The van der Waals surface area contributed by atoms with E-state index in [1.807, 2.05) is 47.5 Å².